The molecular formula is C9H14N2. The molecule has 0 aromatic rings. The normalized spacial score (nSPS) is 12.5. The van der Waals surface area contributed by atoms with Crippen molar-refractivity contribution in [3.8, 4) is 0 Å². The Hall–Kier alpha value is -1.18. The van der Waals surface area contributed by atoms with E-state index in [-0.39, 0.29) is 0 Å². The van der Waals surface area contributed by atoms with Gasteiger partial charge in [-0.05, 0) is 18.1 Å². The van der Waals surface area contributed by atoms with E-state index in [0.717, 1.165) is 5.71 Å². The summed E-state index contributed by atoms with van der Waals surface area (Å²) in [5.41, 5.74) is 0.892. The second-order valence-electron chi connectivity index (χ2n) is 2.38. The molecule has 0 unspecified atom stereocenters. The monoisotopic (exact) mass is 150 g/mol. The van der Waals surface area contributed by atoms with Crippen molar-refractivity contribution in [1.82, 2.24) is 0 Å². The molecule has 0 rings (SSSR count). The average Bonchev–Trinajstić information content (AvgIpc) is 1.97. The van der Waals surface area contributed by atoms with E-state index in [1.807, 2.05) is 13.8 Å². The van der Waals surface area contributed by atoms with E-state index in [1.165, 1.54) is 0 Å². The van der Waals surface area contributed by atoms with Crippen LogP contribution < -0.4 is 0 Å². The lowest BCUT2D eigenvalue weighted by atomic mass is 10.1. The molecule has 60 valence electrons. The van der Waals surface area contributed by atoms with Crippen LogP contribution in [0.5, 0.6) is 0 Å². The molecule has 0 saturated heterocycles. The van der Waals surface area contributed by atoms with E-state index in [2.05, 4.69) is 23.4 Å². The van der Waals surface area contributed by atoms with Crippen LogP contribution >= 0.6 is 0 Å². The number of hydrogen-bond acceptors (Lipinski definition) is 2. The van der Waals surface area contributed by atoms with Gasteiger partial charge in [0.15, 0.2) is 0 Å². The molecule has 0 aliphatic heterocycles. The second kappa shape index (κ2) is 5.59. The van der Waals surface area contributed by atoms with Gasteiger partial charge in [-0.1, -0.05) is 27.0 Å². The fourth-order valence-electron chi connectivity index (χ4n) is 0.539. The van der Waals surface area contributed by atoms with Crippen molar-refractivity contribution in [1.29, 1.82) is 0 Å². The van der Waals surface area contributed by atoms with Crippen molar-refractivity contribution in [2.24, 2.45) is 16.1 Å². The molecule has 0 aromatic carbocycles. The lowest BCUT2D eigenvalue weighted by Crippen LogP contribution is -2.01. The summed E-state index contributed by atoms with van der Waals surface area (Å²) < 4.78 is 0. The maximum absolute atomic E-state index is 3.93. The summed E-state index contributed by atoms with van der Waals surface area (Å²) in [7, 11) is 0. The predicted octanol–water partition coefficient (Wildman–Crippen LogP) is 2.44. The van der Waals surface area contributed by atoms with Gasteiger partial charge in [0.05, 0.1) is 5.71 Å². The van der Waals surface area contributed by atoms with Crippen LogP contribution in [0.3, 0.4) is 0 Å². The topological polar surface area (TPSA) is 24.7 Å². The first-order chi connectivity index (χ1) is 5.22. The van der Waals surface area contributed by atoms with E-state index in [1.54, 1.807) is 18.4 Å². The van der Waals surface area contributed by atoms with Crippen LogP contribution in [0.1, 0.15) is 13.8 Å². The Morgan fingerprint density at radius 2 is 2.00 bits per heavy atom. The average molecular weight is 150 g/mol. The molecular weight excluding hydrogens is 136 g/mol. The van der Waals surface area contributed by atoms with Gasteiger partial charge in [0.1, 0.15) is 0 Å². The van der Waals surface area contributed by atoms with Gasteiger partial charge in [-0.2, -0.15) is 10.2 Å². The maximum Gasteiger partial charge on any atom is 0.0650 e. The summed E-state index contributed by atoms with van der Waals surface area (Å²) in [6, 6.07) is 0. The summed E-state index contributed by atoms with van der Waals surface area (Å²) >= 11 is 0. The van der Waals surface area contributed by atoms with Gasteiger partial charge in [-0.25, -0.2) is 0 Å². The molecule has 0 radical (unpaired) electrons. The van der Waals surface area contributed by atoms with Gasteiger partial charge in [-0.3, -0.25) is 0 Å². The van der Waals surface area contributed by atoms with Crippen LogP contribution in [0.2, 0.25) is 0 Å². The Morgan fingerprint density at radius 1 is 1.36 bits per heavy atom. The highest BCUT2D eigenvalue weighted by atomic mass is 15.2. The molecule has 0 fully saturated rings. The molecule has 2 heteroatoms. The van der Waals surface area contributed by atoms with Crippen LogP contribution in [0.15, 0.2) is 35.5 Å². The summed E-state index contributed by atoms with van der Waals surface area (Å²) in [5, 5.41) is 7.68. The smallest absolute Gasteiger partial charge is 0.0650 e. The molecule has 0 heterocycles. The first-order valence-electron chi connectivity index (χ1n) is 3.56. The molecule has 2 nitrogen and oxygen atoms in total. The molecule has 0 amide bonds. The third kappa shape index (κ3) is 4.25. The third-order valence-corrected chi connectivity index (χ3v) is 1.15. The van der Waals surface area contributed by atoms with Crippen molar-refractivity contribution in [3.05, 3.63) is 25.3 Å². The minimum absolute atomic E-state index is 0.370. The molecule has 0 spiro atoms. The fourth-order valence-corrected chi connectivity index (χ4v) is 0.539. The summed E-state index contributed by atoms with van der Waals surface area (Å²) in [6.45, 7) is 11.2. The summed E-state index contributed by atoms with van der Waals surface area (Å²) in [4.78, 5) is 0. The Labute approximate surface area is 68.0 Å². The molecule has 0 aliphatic carbocycles. The molecule has 0 bridgehead atoms. The lowest BCUT2D eigenvalue weighted by molar-refractivity contribution is 0.881. The zero-order valence-electron chi connectivity index (χ0n) is 7.12. The maximum atomic E-state index is 3.93. The Bertz CT molecular complexity index is 188. The zero-order chi connectivity index (χ0) is 8.69. The molecule has 0 saturated carbocycles. The van der Waals surface area contributed by atoms with Crippen LogP contribution in [0, 0.1) is 5.92 Å². The van der Waals surface area contributed by atoms with Crippen molar-refractivity contribution in [2.75, 3.05) is 0 Å². The first-order valence-corrected chi connectivity index (χ1v) is 3.56. The van der Waals surface area contributed by atoms with Crippen LogP contribution in [0.25, 0.3) is 0 Å². The summed E-state index contributed by atoms with van der Waals surface area (Å²) in [6.07, 6.45) is 4.85. The largest absolute Gasteiger partial charge is 0.159 e. The molecule has 11 heavy (non-hydrogen) atoms. The van der Waals surface area contributed by atoms with E-state index in [0.29, 0.717) is 5.92 Å². The summed E-state index contributed by atoms with van der Waals surface area (Å²) in [5.74, 6) is 0.370. The highest BCUT2D eigenvalue weighted by Crippen LogP contribution is 1.97. The standard InChI is InChI=1S/C9H14N2/c1-5-7-10-11-9(6-2)8(3)4/h5-8H,1-2H2,3-4H3/b10-7-,11-9+. The zero-order valence-corrected chi connectivity index (χ0v) is 7.12. The number of nitrogens with zero attached hydrogens (tertiary/aromatic N) is 2. The van der Waals surface area contributed by atoms with E-state index < -0.39 is 0 Å². The number of rotatable bonds is 4. The Morgan fingerprint density at radius 3 is 2.36 bits per heavy atom. The van der Waals surface area contributed by atoms with E-state index in [4.69, 9.17) is 0 Å². The van der Waals surface area contributed by atoms with Crippen molar-refractivity contribution < 1.29 is 0 Å². The van der Waals surface area contributed by atoms with E-state index >= 15 is 0 Å². The Balaban J connectivity index is 4.23. The fraction of sp³-hybridized carbons (Fsp3) is 0.333. The highest BCUT2D eigenvalue weighted by Gasteiger charge is 1.97. The molecule has 0 atom stereocenters. The first kappa shape index (κ1) is 9.82. The number of allylic oxidation sites excluding steroid dienone is 2. The predicted molar refractivity (Wildman–Crippen MR) is 51.2 cm³/mol. The van der Waals surface area contributed by atoms with Gasteiger partial charge in [0.25, 0.3) is 0 Å². The van der Waals surface area contributed by atoms with Gasteiger partial charge >= 0.3 is 0 Å². The highest BCUT2D eigenvalue weighted by molar-refractivity contribution is 5.96. The van der Waals surface area contributed by atoms with Gasteiger partial charge in [0.2, 0.25) is 0 Å². The number of hydrogen-bond donors (Lipinski definition) is 0. The quantitative estimate of drug-likeness (QED) is 0.434. The Kier molecular flexibility index (Phi) is 4.99. The van der Waals surface area contributed by atoms with Gasteiger partial charge in [-0.15, -0.1) is 0 Å². The molecule has 0 N–H and O–H groups in total. The molecule has 0 aromatic heterocycles. The molecule has 0 aliphatic rings. The van der Waals surface area contributed by atoms with Gasteiger partial charge < -0.3 is 0 Å². The van der Waals surface area contributed by atoms with Gasteiger partial charge in [0, 0.05) is 6.21 Å². The van der Waals surface area contributed by atoms with Crippen molar-refractivity contribution in [3.63, 3.8) is 0 Å². The lowest BCUT2D eigenvalue weighted by Gasteiger charge is -1.99. The van der Waals surface area contributed by atoms with Crippen molar-refractivity contribution >= 4 is 11.9 Å². The SMILES string of the molecule is C=C/C=N\N=C(/C=C)C(C)C. The minimum atomic E-state index is 0.370. The van der Waals surface area contributed by atoms with Crippen LogP contribution in [-0.2, 0) is 0 Å². The van der Waals surface area contributed by atoms with Crippen LogP contribution in [-0.4, -0.2) is 11.9 Å². The van der Waals surface area contributed by atoms with Crippen LogP contribution in [0.4, 0.5) is 0 Å². The third-order valence-electron chi connectivity index (χ3n) is 1.15. The van der Waals surface area contributed by atoms with Crippen molar-refractivity contribution in [2.45, 2.75) is 13.8 Å². The minimum Gasteiger partial charge on any atom is -0.159 e. The second-order valence-corrected chi connectivity index (χ2v) is 2.38. The van der Waals surface area contributed by atoms with E-state index in [9.17, 15) is 0 Å².